The number of aromatic nitrogens is 5. The van der Waals surface area contributed by atoms with Crippen molar-refractivity contribution in [2.24, 2.45) is 0 Å². The number of para-hydroxylation sites is 3. The maximum absolute atomic E-state index is 5.21. The Morgan fingerprint density at radius 1 is 0.392 bits per heavy atom. The van der Waals surface area contributed by atoms with E-state index in [-0.39, 0.29) is 0 Å². The highest BCUT2D eigenvalue weighted by atomic mass is 32.1. The summed E-state index contributed by atoms with van der Waals surface area (Å²) in [6, 6.07) is 57.6. The topological polar surface area (TPSA) is 48.5 Å². The van der Waals surface area contributed by atoms with E-state index in [1.54, 1.807) is 0 Å². The molecule has 0 aliphatic rings. The fourth-order valence-electron chi connectivity index (χ4n) is 7.79. The van der Waals surface area contributed by atoms with Crippen LogP contribution in [0, 0.1) is 0 Å². The molecule has 5 nitrogen and oxygen atoms in total. The average molecular weight is 670 g/mol. The number of nitrogens with zero attached hydrogens (tertiary/aromatic N) is 5. The number of fused-ring (bicyclic) bond motifs is 11. The Morgan fingerprint density at radius 2 is 0.961 bits per heavy atom. The van der Waals surface area contributed by atoms with Gasteiger partial charge >= 0.3 is 0 Å². The van der Waals surface area contributed by atoms with Gasteiger partial charge in [0.25, 0.3) is 0 Å². The lowest BCUT2D eigenvalue weighted by atomic mass is 10.1. The van der Waals surface area contributed by atoms with Gasteiger partial charge in [-0.2, -0.15) is 9.97 Å². The van der Waals surface area contributed by atoms with Crippen LogP contribution in [-0.2, 0) is 0 Å². The Bertz CT molecular complexity index is 3060. The van der Waals surface area contributed by atoms with Crippen LogP contribution < -0.4 is 0 Å². The van der Waals surface area contributed by atoms with Crippen LogP contribution in [0.25, 0.3) is 98.2 Å². The molecule has 11 rings (SSSR count). The summed E-state index contributed by atoms with van der Waals surface area (Å²) in [6.45, 7) is 0. The van der Waals surface area contributed by atoms with Gasteiger partial charge in [0.15, 0.2) is 11.6 Å². The Hall–Kier alpha value is -6.63. The first kappa shape index (κ1) is 28.2. The van der Waals surface area contributed by atoms with Gasteiger partial charge in [-0.1, -0.05) is 127 Å². The molecule has 0 amide bonds. The maximum Gasteiger partial charge on any atom is 0.238 e. The molecule has 6 heteroatoms. The quantitative estimate of drug-likeness (QED) is 0.187. The molecule has 0 aliphatic carbocycles. The Morgan fingerprint density at radius 3 is 1.65 bits per heavy atom. The number of hydrogen-bond donors (Lipinski definition) is 0. The summed E-state index contributed by atoms with van der Waals surface area (Å²) in [4.78, 5) is 15.4. The van der Waals surface area contributed by atoms with E-state index in [2.05, 4.69) is 137 Å². The lowest BCUT2D eigenvalue weighted by Crippen LogP contribution is -2.06. The predicted octanol–water partition coefficient (Wildman–Crippen LogP) is 11.8. The van der Waals surface area contributed by atoms with Crippen molar-refractivity contribution >= 4 is 75.1 Å². The first-order chi connectivity index (χ1) is 25.3. The molecule has 238 valence electrons. The van der Waals surface area contributed by atoms with Gasteiger partial charge in [-0.3, -0.25) is 4.57 Å². The number of hydrogen-bond acceptors (Lipinski definition) is 4. The van der Waals surface area contributed by atoms with Gasteiger partial charge in [-0.15, -0.1) is 11.3 Å². The first-order valence-corrected chi connectivity index (χ1v) is 17.9. The zero-order valence-electron chi connectivity index (χ0n) is 27.2. The van der Waals surface area contributed by atoms with E-state index in [0.717, 1.165) is 27.8 Å². The highest BCUT2D eigenvalue weighted by Crippen LogP contribution is 2.47. The van der Waals surface area contributed by atoms with Crippen molar-refractivity contribution in [1.82, 2.24) is 24.1 Å². The second-order valence-electron chi connectivity index (χ2n) is 12.8. The number of benzene rings is 7. The van der Waals surface area contributed by atoms with Crippen LogP contribution in [0.1, 0.15) is 0 Å². The molecule has 0 aliphatic heterocycles. The van der Waals surface area contributed by atoms with Crippen molar-refractivity contribution in [2.75, 3.05) is 0 Å². The maximum atomic E-state index is 5.21. The summed E-state index contributed by atoms with van der Waals surface area (Å²) >= 11 is 1.86. The van der Waals surface area contributed by atoms with Crippen molar-refractivity contribution in [3.8, 4) is 34.4 Å². The molecule has 0 N–H and O–H groups in total. The van der Waals surface area contributed by atoms with Gasteiger partial charge in [-0.05, 0) is 36.4 Å². The Kier molecular flexibility index (Phi) is 6.05. The molecule has 4 heterocycles. The van der Waals surface area contributed by atoms with E-state index in [4.69, 9.17) is 15.0 Å². The SMILES string of the molecule is c1ccc(-c2nc(-c3ccccc3)nc(-n3c4ccccc4c4ccc5sc6c(ccc7c6c6ccccc6n7-c6ccccc6)c5c43)n2)cc1. The molecule has 7 aromatic carbocycles. The monoisotopic (exact) mass is 669 g/mol. The molecule has 51 heavy (non-hydrogen) atoms. The summed E-state index contributed by atoms with van der Waals surface area (Å²) in [5.41, 5.74) is 7.63. The fraction of sp³-hybridized carbons (Fsp3) is 0. The molecule has 11 aromatic rings. The smallest absolute Gasteiger partial charge is 0.238 e. The highest BCUT2D eigenvalue weighted by Gasteiger charge is 2.23. The van der Waals surface area contributed by atoms with Crippen molar-refractivity contribution in [2.45, 2.75) is 0 Å². The summed E-state index contributed by atoms with van der Waals surface area (Å²) in [7, 11) is 0. The van der Waals surface area contributed by atoms with Crippen LogP contribution in [0.5, 0.6) is 0 Å². The average Bonchev–Trinajstić information content (AvgIpc) is 3.86. The molecule has 0 radical (unpaired) electrons. The molecule has 0 unspecified atom stereocenters. The van der Waals surface area contributed by atoms with E-state index >= 15 is 0 Å². The molecule has 0 bridgehead atoms. The predicted molar refractivity (Wildman–Crippen MR) is 212 cm³/mol. The molecule has 0 saturated carbocycles. The van der Waals surface area contributed by atoms with Gasteiger partial charge < -0.3 is 4.57 Å². The first-order valence-electron chi connectivity index (χ1n) is 17.0. The van der Waals surface area contributed by atoms with E-state index in [1.807, 2.05) is 47.7 Å². The molecule has 0 saturated heterocycles. The zero-order chi connectivity index (χ0) is 33.5. The highest BCUT2D eigenvalue weighted by molar-refractivity contribution is 7.27. The van der Waals surface area contributed by atoms with Crippen LogP contribution in [-0.4, -0.2) is 24.1 Å². The minimum Gasteiger partial charge on any atom is -0.309 e. The van der Waals surface area contributed by atoms with Crippen LogP contribution in [0.3, 0.4) is 0 Å². The van der Waals surface area contributed by atoms with Gasteiger partial charge in [-0.25, -0.2) is 4.98 Å². The third-order valence-electron chi connectivity index (χ3n) is 9.97. The Labute approximate surface area is 296 Å². The fourth-order valence-corrected chi connectivity index (χ4v) is 9.05. The zero-order valence-corrected chi connectivity index (χ0v) is 28.0. The largest absolute Gasteiger partial charge is 0.309 e. The number of rotatable bonds is 4. The molecular weight excluding hydrogens is 643 g/mol. The van der Waals surface area contributed by atoms with Crippen LogP contribution >= 0.6 is 11.3 Å². The normalized spacial score (nSPS) is 11.9. The van der Waals surface area contributed by atoms with Gasteiger partial charge in [0, 0.05) is 58.5 Å². The van der Waals surface area contributed by atoms with Gasteiger partial charge in [0.1, 0.15) is 0 Å². The van der Waals surface area contributed by atoms with Crippen LogP contribution in [0.15, 0.2) is 164 Å². The molecule has 0 atom stereocenters. The second-order valence-corrected chi connectivity index (χ2v) is 13.9. The lowest BCUT2D eigenvalue weighted by Gasteiger charge is -2.11. The molecule has 4 aromatic heterocycles. The standard InChI is InChI=1S/C45H27N5S/c1-4-14-28(15-5-1)43-46-44(29-16-6-2-7-17-29)48-45(47-43)50-35-22-12-10-20-31(35)32-25-27-38-40(41(32)50)34-24-26-37-39(42(34)51-38)33-21-11-13-23-36(33)49(37)30-18-8-3-9-19-30/h1-27H. The minimum absolute atomic E-state index is 0.600. The van der Waals surface area contributed by atoms with Crippen LogP contribution in [0.2, 0.25) is 0 Å². The van der Waals surface area contributed by atoms with Crippen LogP contribution in [0.4, 0.5) is 0 Å². The number of thiophene rings is 1. The molecule has 0 fully saturated rings. The van der Waals surface area contributed by atoms with E-state index < -0.39 is 0 Å². The second kappa shape index (κ2) is 10.9. The van der Waals surface area contributed by atoms with Crippen molar-refractivity contribution < 1.29 is 0 Å². The molecular formula is C45H27N5S. The minimum atomic E-state index is 0.600. The van der Waals surface area contributed by atoms with E-state index in [9.17, 15) is 0 Å². The van der Waals surface area contributed by atoms with E-state index in [1.165, 1.54) is 52.8 Å². The third kappa shape index (κ3) is 4.17. The molecule has 0 spiro atoms. The summed E-state index contributed by atoms with van der Waals surface area (Å²) in [5, 5.41) is 7.31. The Balaban J connectivity index is 1.28. The van der Waals surface area contributed by atoms with E-state index in [0.29, 0.717) is 17.6 Å². The summed E-state index contributed by atoms with van der Waals surface area (Å²) in [5.74, 6) is 1.88. The lowest BCUT2D eigenvalue weighted by molar-refractivity contribution is 0.955. The summed E-state index contributed by atoms with van der Waals surface area (Å²) in [6.07, 6.45) is 0. The van der Waals surface area contributed by atoms with Gasteiger partial charge in [0.05, 0.1) is 22.1 Å². The van der Waals surface area contributed by atoms with Gasteiger partial charge in [0.2, 0.25) is 5.95 Å². The third-order valence-corrected chi connectivity index (χ3v) is 11.2. The van der Waals surface area contributed by atoms with Crippen molar-refractivity contribution in [1.29, 1.82) is 0 Å². The summed E-state index contributed by atoms with van der Waals surface area (Å²) < 4.78 is 7.16. The van der Waals surface area contributed by atoms with Crippen molar-refractivity contribution in [3.05, 3.63) is 164 Å². The van der Waals surface area contributed by atoms with Crippen molar-refractivity contribution in [3.63, 3.8) is 0 Å².